The summed E-state index contributed by atoms with van der Waals surface area (Å²) in [7, 11) is 0. The minimum atomic E-state index is 1.03. The van der Waals surface area contributed by atoms with Crippen molar-refractivity contribution in [2.75, 3.05) is 5.33 Å². The lowest BCUT2D eigenvalue weighted by Gasteiger charge is -1.99. The highest BCUT2D eigenvalue weighted by atomic mass is 79.9. The zero-order chi connectivity index (χ0) is 10.5. The fourth-order valence-electron chi connectivity index (χ4n) is 1.68. The van der Waals surface area contributed by atoms with Gasteiger partial charge in [-0.3, -0.25) is 4.68 Å². The van der Waals surface area contributed by atoms with Gasteiger partial charge in [-0.2, -0.15) is 5.10 Å². The molecule has 3 heteroatoms. The number of benzene rings is 1. The Bertz CT molecular complexity index is 389. The summed E-state index contributed by atoms with van der Waals surface area (Å²) in [5, 5.41) is 6.85. The molecular weight excluding hydrogens is 252 g/mol. The molecule has 0 unspecified atom stereocenters. The summed E-state index contributed by atoms with van der Waals surface area (Å²) in [5.41, 5.74) is 1.10. The van der Waals surface area contributed by atoms with Crippen LogP contribution in [0.15, 0.2) is 30.5 Å². The van der Waals surface area contributed by atoms with Gasteiger partial charge in [0.1, 0.15) is 0 Å². The first-order chi connectivity index (χ1) is 7.40. The molecule has 0 aliphatic carbocycles. The number of halogens is 1. The number of nitrogens with zero attached hydrogens (tertiary/aromatic N) is 2. The van der Waals surface area contributed by atoms with E-state index in [1.807, 2.05) is 6.07 Å². The van der Waals surface area contributed by atoms with Crippen molar-refractivity contribution in [3.05, 3.63) is 30.5 Å². The van der Waals surface area contributed by atoms with Crippen LogP contribution in [0.3, 0.4) is 0 Å². The second kappa shape index (κ2) is 5.31. The van der Waals surface area contributed by atoms with Crippen molar-refractivity contribution in [2.45, 2.75) is 25.8 Å². The number of unbranched alkanes of at least 4 members (excludes halogenated alkanes) is 2. The summed E-state index contributed by atoms with van der Waals surface area (Å²) >= 11 is 3.44. The van der Waals surface area contributed by atoms with Crippen LogP contribution in [0.1, 0.15) is 19.3 Å². The van der Waals surface area contributed by atoms with Crippen LogP contribution in [-0.4, -0.2) is 15.1 Å². The minimum Gasteiger partial charge on any atom is -0.272 e. The molecule has 2 rings (SSSR count). The third-order valence-corrected chi connectivity index (χ3v) is 3.04. The number of aryl methyl sites for hydroxylation is 1. The molecule has 0 N–H and O–H groups in total. The Morgan fingerprint density at radius 1 is 1.13 bits per heavy atom. The number of rotatable bonds is 5. The summed E-state index contributed by atoms with van der Waals surface area (Å²) in [4.78, 5) is 0. The van der Waals surface area contributed by atoms with E-state index >= 15 is 0 Å². The van der Waals surface area contributed by atoms with Crippen molar-refractivity contribution in [3.63, 3.8) is 0 Å². The Kier molecular flexibility index (Phi) is 3.78. The second-order valence-electron chi connectivity index (χ2n) is 3.70. The maximum Gasteiger partial charge on any atom is 0.0923 e. The van der Waals surface area contributed by atoms with Gasteiger partial charge in [-0.25, -0.2) is 0 Å². The molecule has 0 radical (unpaired) electrons. The smallest absolute Gasteiger partial charge is 0.0923 e. The molecule has 0 amide bonds. The van der Waals surface area contributed by atoms with Gasteiger partial charge in [0.2, 0.25) is 0 Å². The van der Waals surface area contributed by atoms with E-state index in [9.17, 15) is 0 Å². The maximum atomic E-state index is 4.52. The molecular formula is C12H15BrN2. The molecule has 1 aromatic heterocycles. The van der Waals surface area contributed by atoms with Crippen LogP contribution in [0.4, 0.5) is 0 Å². The highest BCUT2D eigenvalue weighted by Gasteiger charge is 1.98. The SMILES string of the molecule is BrCCCCCn1cc2ccccc2n1. The van der Waals surface area contributed by atoms with Gasteiger partial charge in [-0.15, -0.1) is 0 Å². The van der Waals surface area contributed by atoms with Crippen molar-refractivity contribution >= 4 is 26.8 Å². The molecule has 0 aliphatic heterocycles. The van der Waals surface area contributed by atoms with Crippen molar-refractivity contribution < 1.29 is 0 Å². The Morgan fingerprint density at radius 2 is 2.00 bits per heavy atom. The third kappa shape index (κ3) is 2.81. The minimum absolute atomic E-state index is 1.03. The predicted molar refractivity (Wildman–Crippen MR) is 67.4 cm³/mol. The van der Waals surface area contributed by atoms with E-state index in [4.69, 9.17) is 0 Å². The monoisotopic (exact) mass is 266 g/mol. The van der Waals surface area contributed by atoms with E-state index in [2.05, 4.69) is 50.1 Å². The zero-order valence-electron chi connectivity index (χ0n) is 8.69. The highest BCUT2D eigenvalue weighted by Crippen LogP contribution is 2.11. The van der Waals surface area contributed by atoms with Gasteiger partial charge in [0.25, 0.3) is 0 Å². The lowest BCUT2D eigenvalue weighted by atomic mass is 10.2. The topological polar surface area (TPSA) is 17.8 Å². The molecule has 0 fully saturated rings. The number of alkyl halides is 1. The second-order valence-corrected chi connectivity index (χ2v) is 4.49. The van der Waals surface area contributed by atoms with Gasteiger partial charge in [0.05, 0.1) is 5.52 Å². The molecule has 1 aromatic carbocycles. The van der Waals surface area contributed by atoms with Crippen LogP contribution >= 0.6 is 15.9 Å². The molecule has 0 atom stereocenters. The van der Waals surface area contributed by atoms with Crippen molar-refractivity contribution in [1.82, 2.24) is 9.78 Å². The zero-order valence-corrected chi connectivity index (χ0v) is 10.3. The van der Waals surface area contributed by atoms with Crippen LogP contribution in [0, 0.1) is 0 Å². The average molecular weight is 267 g/mol. The summed E-state index contributed by atoms with van der Waals surface area (Å²) < 4.78 is 2.05. The van der Waals surface area contributed by atoms with E-state index < -0.39 is 0 Å². The number of hydrogen-bond donors (Lipinski definition) is 0. The van der Waals surface area contributed by atoms with E-state index in [0.717, 1.165) is 17.4 Å². The largest absolute Gasteiger partial charge is 0.272 e. The lowest BCUT2D eigenvalue weighted by Crippen LogP contribution is -1.98. The lowest BCUT2D eigenvalue weighted by molar-refractivity contribution is 0.559. The molecule has 0 spiro atoms. The Balaban J connectivity index is 1.97. The van der Waals surface area contributed by atoms with E-state index in [-0.39, 0.29) is 0 Å². The molecule has 0 saturated carbocycles. The van der Waals surface area contributed by atoms with Crippen LogP contribution in [0.5, 0.6) is 0 Å². The van der Waals surface area contributed by atoms with Gasteiger partial charge in [-0.1, -0.05) is 40.5 Å². The first kappa shape index (κ1) is 10.7. The summed E-state index contributed by atoms with van der Waals surface area (Å²) in [6.07, 6.45) is 5.85. The van der Waals surface area contributed by atoms with E-state index in [1.165, 1.54) is 24.6 Å². The van der Waals surface area contributed by atoms with E-state index in [0.29, 0.717) is 0 Å². The molecule has 0 bridgehead atoms. The van der Waals surface area contributed by atoms with Gasteiger partial charge in [-0.05, 0) is 18.9 Å². The summed E-state index contributed by atoms with van der Waals surface area (Å²) in [6.45, 7) is 1.03. The molecule has 2 nitrogen and oxygen atoms in total. The van der Waals surface area contributed by atoms with Crippen LogP contribution in [0.25, 0.3) is 10.9 Å². The Morgan fingerprint density at radius 3 is 2.80 bits per heavy atom. The molecule has 1 heterocycles. The van der Waals surface area contributed by atoms with Crippen LogP contribution in [0.2, 0.25) is 0 Å². The quantitative estimate of drug-likeness (QED) is 0.597. The fraction of sp³-hybridized carbons (Fsp3) is 0.417. The number of fused-ring (bicyclic) bond motifs is 1. The van der Waals surface area contributed by atoms with Gasteiger partial charge >= 0.3 is 0 Å². The maximum absolute atomic E-state index is 4.52. The van der Waals surface area contributed by atoms with Crippen molar-refractivity contribution in [2.24, 2.45) is 0 Å². The number of hydrogen-bond acceptors (Lipinski definition) is 1. The average Bonchev–Trinajstić information content (AvgIpc) is 2.67. The molecule has 15 heavy (non-hydrogen) atoms. The summed E-state index contributed by atoms with van der Waals surface area (Å²) in [5.74, 6) is 0. The van der Waals surface area contributed by atoms with Crippen molar-refractivity contribution in [1.29, 1.82) is 0 Å². The third-order valence-electron chi connectivity index (χ3n) is 2.48. The first-order valence-electron chi connectivity index (χ1n) is 5.38. The van der Waals surface area contributed by atoms with Gasteiger partial charge < -0.3 is 0 Å². The van der Waals surface area contributed by atoms with E-state index in [1.54, 1.807) is 0 Å². The normalized spacial score (nSPS) is 11.0. The molecule has 0 aliphatic rings. The Labute approximate surface area is 98.4 Å². The fourth-order valence-corrected chi connectivity index (χ4v) is 2.07. The van der Waals surface area contributed by atoms with Gasteiger partial charge in [0.15, 0.2) is 0 Å². The highest BCUT2D eigenvalue weighted by molar-refractivity contribution is 9.09. The van der Waals surface area contributed by atoms with Crippen LogP contribution in [-0.2, 0) is 6.54 Å². The van der Waals surface area contributed by atoms with Gasteiger partial charge in [0, 0.05) is 23.5 Å². The first-order valence-corrected chi connectivity index (χ1v) is 6.50. The standard InChI is InChI=1S/C12H15BrN2/c13-8-4-1-5-9-15-10-11-6-2-3-7-12(11)14-15/h2-3,6-7,10H,1,4-5,8-9H2. The predicted octanol–water partition coefficient (Wildman–Crippen LogP) is 3.60. The van der Waals surface area contributed by atoms with Crippen LogP contribution < -0.4 is 0 Å². The number of aromatic nitrogens is 2. The molecule has 2 aromatic rings. The molecule has 80 valence electrons. The Hall–Kier alpha value is -0.830. The van der Waals surface area contributed by atoms with Crippen molar-refractivity contribution in [3.8, 4) is 0 Å². The summed E-state index contributed by atoms with van der Waals surface area (Å²) in [6, 6.07) is 8.26. The molecule has 0 saturated heterocycles.